The van der Waals surface area contributed by atoms with Crippen LogP contribution in [0.3, 0.4) is 0 Å². The van der Waals surface area contributed by atoms with Crippen LogP contribution in [0.5, 0.6) is 0 Å². The summed E-state index contributed by atoms with van der Waals surface area (Å²) in [6.45, 7) is 7.07. The van der Waals surface area contributed by atoms with Gasteiger partial charge in [-0.05, 0) is 63.6 Å². The van der Waals surface area contributed by atoms with Gasteiger partial charge in [0.2, 0.25) is 5.91 Å². The lowest BCUT2D eigenvalue weighted by Gasteiger charge is -2.25. The molecule has 0 spiro atoms. The zero-order chi connectivity index (χ0) is 20.5. The van der Waals surface area contributed by atoms with Crippen LogP contribution < -0.4 is 4.90 Å². The van der Waals surface area contributed by atoms with E-state index in [1.165, 1.54) is 0 Å². The summed E-state index contributed by atoms with van der Waals surface area (Å²) < 4.78 is 5.44. The lowest BCUT2D eigenvalue weighted by atomic mass is 9.81. The second-order valence-electron chi connectivity index (χ2n) is 7.96. The Hall–Kier alpha value is -2.77. The molecule has 0 aliphatic carbocycles. The molecule has 4 nitrogen and oxygen atoms in total. The highest BCUT2D eigenvalue weighted by Gasteiger charge is 2.50. The van der Waals surface area contributed by atoms with E-state index in [1.807, 2.05) is 30.3 Å². The molecule has 0 saturated carbocycles. The van der Waals surface area contributed by atoms with Gasteiger partial charge in [0, 0.05) is 17.0 Å². The van der Waals surface area contributed by atoms with Gasteiger partial charge >= 0.3 is 6.09 Å². The summed E-state index contributed by atoms with van der Waals surface area (Å²) in [5.41, 5.74) is 0.340. The van der Waals surface area contributed by atoms with Crippen LogP contribution in [0.25, 0.3) is 0 Å². The number of halogens is 1. The topological polar surface area (TPSA) is 46.6 Å². The van der Waals surface area contributed by atoms with Crippen molar-refractivity contribution in [2.75, 3.05) is 4.90 Å². The van der Waals surface area contributed by atoms with E-state index in [1.54, 1.807) is 45.9 Å². The number of benzene rings is 2. The van der Waals surface area contributed by atoms with E-state index in [9.17, 15) is 9.59 Å². The van der Waals surface area contributed by atoms with Gasteiger partial charge in [0.1, 0.15) is 5.60 Å². The zero-order valence-corrected chi connectivity index (χ0v) is 17.1. The zero-order valence-electron chi connectivity index (χ0n) is 16.4. The number of nitrogens with zero attached hydrogens (tertiary/aromatic N) is 1. The summed E-state index contributed by atoms with van der Waals surface area (Å²) in [5.74, 6) is 5.81. The SMILES string of the molecule is CC(C)(C)OC(=O)N1C(=O)[C@@](C)(CC#Cc2ccccc2)c2cc(Cl)ccc21. The number of rotatable bonds is 1. The van der Waals surface area contributed by atoms with E-state index >= 15 is 0 Å². The van der Waals surface area contributed by atoms with Gasteiger partial charge in [-0.2, -0.15) is 0 Å². The van der Waals surface area contributed by atoms with Crippen molar-refractivity contribution < 1.29 is 14.3 Å². The highest BCUT2D eigenvalue weighted by Crippen LogP contribution is 2.45. The van der Waals surface area contributed by atoms with Crippen molar-refractivity contribution in [3.05, 3.63) is 64.7 Å². The molecule has 5 heteroatoms. The first kappa shape index (κ1) is 20.0. The summed E-state index contributed by atoms with van der Waals surface area (Å²) in [4.78, 5) is 27.1. The van der Waals surface area contributed by atoms with Gasteiger partial charge in [-0.3, -0.25) is 4.79 Å². The Morgan fingerprint density at radius 1 is 1.18 bits per heavy atom. The predicted octanol–water partition coefficient (Wildman–Crippen LogP) is 5.32. The molecule has 1 atom stereocenters. The van der Waals surface area contributed by atoms with Crippen LogP contribution in [-0.2, 0) is 14.9 Å². The molecule has 0 N–H and O–H groups in total. The Morgan fingerprint density at radius 3 is 2.50 bits per heavy atom. The average Bonchev–Trinajstić information content (AvgIpc) is 2.82. The predicted molar refractivity (Wildman–Crippen MR) is 110 cm³/mol. The summed E-state index contributed by atoms with van der Waals surface area (Å²) in [7, 11) is 0. The first-order chi connectivity index (χ1) is 13.1. The van der Waals surface area contributed by atoms with Crippen molar-refractivity contribution in [1.29, 1.82) is 0 Å². The number of ether oxygens (including phenoxy) is 1. The Kier molecular flexibility index (Phi) is 5.23. The van der Waals surface area contributed by atoms with Gasteiger partial charge in [0.25, 0.3) is 0 Å². The molecule has 2 aromatic carbocycles. The number of anilines is 1. The molecule has 28 heavy (non-hydrogen) atoms. The van der Waals surface area contributed by atoms with Gasteiger partial charge in [-0.1, -0.05) is 41.6 Å². The van der Waals surface area contributed by atoms with E-state index in [-0.39, 0.29) is 12.3 Å². The standard InChI is InChI=1S/C23H22ClNO3/c1-22(2,3)28-21(27)25-19-13-12-17(24)15-18(19)23(4,20(25)26)14-8-11-16-9-6-5-7-10-16/h5-7,9-10,12-13,15H,14H2,1-4H3/t23-/m0/s1. The number of carbonyl (C=O) groups is 2. The number of amides is 2. The minimum absolute atomic E-state index is 0.257. The quantitative estimate of drug-likeness (QED) is 0.614. The molecule has 0 saturated heterocycles. The fraction of sp³-hybridized carbons (Fsp3) is 0.304. The molecule has 0 bridgehead atoms. The highest BCUT2D eigenvalue weighted by molar-refractivity contribution is 6.31. The summed E-state index contributed by atoms with van der Waals surface area (Å²) in [5, 5.41) is 0.500. The van der Waals surface area contributed by atoms with E-state index in [0.717, 1.165) is 10.5 Å². The van der Waals surface area contributed by atoms with Crippen molar-refractivity contribution in [3.8, 4) is 11.8 Å². The molecule has 0 aromatic heterocycles. The molecule has 0 unspecified atom stereocenters. The maximum absolute atomic E-state index is 13.3. The van der Waals surface area contributed by atoms with E-state index in [4.69, 9.17) is 16.3 Å². The van der Waals surface area contributed by atoms with Crippen LogP contribution in [0.4, 0.5) is 10.5 Å². The van der Waals surface area contributed by atoms with E-state index in [2.05, 4.69) is 11.8 Å². The lowest BCUT2D eigenvalue weighted by Crippen LogP contribution is -2.44. The van der Waals surface area contributed by atoms with Crippen molar-refractivity contribution in [1.82, 2.24) is 0 Å². The Bertz CT molecular complexity index is 982. The third-order valence-corrected chi connectivity index (χ3v) is 4.73. The third kappa shape index (κ3) is 3.90. The molecule has 1 heterocycles. The number of carbonyl (C=O) groups excluding carboxylic acids is 2. The van der Waals surface area contributed by atoms with Crippen LogP contribution in [0, 0.1) is 11.8 Å². The van der Waals surface area contributed by atoms with Crippen molar-refractivity contribution in [2.24, 2.45) is 0 Å². The Balaban J connectivity index is 1.98. The fourth-order valence-corrected chi connectivity index (χ4v) is 3.29. The normalized spacial score (nSPS) is 18.3. The number of hydrogen-bond acceptors (Lipinski definition) is 3. The first-order valence-electron chi connectivity index (χ1n) is 9.03. The maximum Gasteiger partial charge on any atom is 0.421 e. The molecule has 0 radical (unpaired) electrons. The van der Waals surface area contributed by atoms with Crippen LogP contribution in [0.2, 0.25) is 5.02 Å². The van der Waals surface area contributed by atoms with Gasteiger partial charge in [0.15, 0.2) is 0 Å². The minimum atomic E-state index is -0.987. The monoisotopic (exact) mass is 395 g/mol. The van der Waals surface area contributed by atoms with Crippen LogP contribution >= 0.6 is 11.6 Å². The van der Waals surface area contributed by atoms with Gasteiger partial charge < -0.3 is 4.74 Å². The molecular formula is C23H22ClNO3. The summed E-state index contributed by atoms with van der Waals surface area (Å²) in [6.07, 6.45) is -0.436. The van der Waals surface area contributed by atoms with Crippen molar-refractivity contribution in [2.45, 2.75) is 45.1 Å². The van der Waals surface area contributed by atoms with Crippen LogP contribution in [0.1, 0.15) is 45.2 Å². The molecular weight excluding hydrogens is 374 g/mol. The highest BCUT2D eigenvalue weighted by atomic mass is 35.5. The molecule has 144 valence electrons. The van der Waals surface area contributed by atoms with Crippen LogP contribution in [-0.4, -0.2) is 17.6 Å². The molecule has 2 aromatic rings. The van der Waals surface area contributed by atoms with Crippen molar-refractivity contribution >= 4 is 29.3 Å². The Morgan fingerprint density at radius 2 is 1.86 bits per heavy atom. The second-order valence-corrected chi connectivity index (χ2v) is 8.40. The Labute approximate surface area is 170 Å². The smallest absolute Gasteiger partial charge is 0.421 e. The largest absolute Gasteiger partial charge is 0.443 e. The molecule has 1 aliphatic heterocycles. The minimum Gasteiger partial charge on any atom is -0.443 e. The molecule has 1 aliphatic rings. The van der Waals surface area contributed by atoms with E-state index in [0.29, 0.717) is 16.3 Å². The fourth-order valence-electron chi connectivity index (χ4n) is 3.12. The molecule has 2 amide bonds. The van der Waals surface area contributed by atoms with Crippen LogP contribution in [0.15, 0.2) is 48.5 Å². The average molecular weight is 396 g/mol. The molecule has 3 rings (SSSR count). The lowest BCUT2D eigenvalue weighted by molar-refractivity contribution is -0.122. The first-order valence-corrected chi connectivity index (χ1v) is 9.41. The van der Waals surface area contributed by atoms with Gasteiger partial charge in [0.05, 0.1) is 11.1 Å². The van der Waals surface area contributed by atoms with E-state index < -0.39 is 17.1 Å². The second kappa shape index (κ2) is 7.33. The maximum atomic E-state index is 13.3. The number of imide groups is 1. The molecule has 0 fully saturated rings. The summed E-state index contributed by atoms with van der Waals surface area (Å²) >= 11 is 6.18. The van der Waals surface area contributed by atoms with Gasteiger partial charge in [-0.15, -0.1) is 0 Å². The van der Waals surface area contributed by atoms with Crippen molar-refractivity contribution in [3.63, 3.8) is 0 Å². The number of hydrogen-bond donors (Lipinski definition) is 0. The number of fused-ring (bicyclic) bond motifs is 1. The summed E-state index contributed by atoms with van der Waals surface area (Å²) in [6, 6.07) is 14.6. The third-order valence-electron chi connectivity index (χ3n) is 4.49. The van der Waals surface area contributed by atoms with Gasteiger partial charge in [-0.25, -0.2) is 9.69 Å².